The van der Waals surface area contributed by atoms with E-state index in [1.165, 1.54) is 12.1 Å². The molecule has 5 heteroatoms. The molecular formula is C15H10BrClO3. The molecule has 0 aliphatic rings. The Bertz CT molecular complexity index is 678. The molecule has 0 saturated heterocycles. The maximum Gasteiger partial charge on any atom is 0.193 e. The van der Waals surface area contributed by atoms with Crippen molar-refractivity contribution >= 4 is 39.1 Å². The average Bonchev–Trinajstić information content (AvgIpc) is 2.42. The molecule has 2 N–H and O–H groups in total. The summed E-state index contributed by atoms with van der Waals surface area (Å²) in [6, 6.07) is 10.9. The first-order valence-corrected chi connectivity index (χ1v) is 6.84. The van der Waals surface area contributed by atoms with Gasteiger partial charge >= 0.3 is 0 Å². The Morgan fingerprint density at radius 2 is 1.80 bits per heavy atom. The Labute approximate surface area is 129 Å². The Morgan fingerprint density at radius 1 is 1.15 bits per heavy atom. The maximum absolute atomic E-state index is 12.0. The predicted octanol–water partition coefficient (Wildman–Crippen LogP) is 4.59. The lowest BCUT2D eigenvalue weighted by atomic mass is 10.1. The van der Waals surface area contributed by atoms with Crippen molar-refractivity contribution in [3.63, 3.8) is 0 Å². The van der Waals surface area contributed by atoms with Crippen LogP contribution in [-0.2, 0) is 0 Å². The van der Waals surface area contributed by atoms with E-state index in [4.69, 9.17) is 11.6 Å². The fraction of sp³-hybridized carbons (Fsp3) is 0. The number of aliphatic hydroxyl groups excluding tert-OH is 1. The van der Waals surface area contributed by atoms with Crippen molar-refractivity contribution in [3.8, 4) is 5.75 Å². The van der Waals surface area contributed by atoms with Crippen molar-refractivity contribution in [2.45, 2.75) is 0 Å². The molecule has 0 saturated carbocycles. The fourth-order valence-electron chi connectivity index (χ4n) is 1.61. The van der Waals surface area contributed by atoms with Gasteiger partial charge in [0.2, 0.25) is 0 Å². The number of carbonyl (C=O) groups is 1. The SMILES string of the molecule is O=C(C=C(O)c1ccc(Cl)cc1)c1cc(Br)ccc1O. The number of phenolic OH excluding ortho intramolecular Hbond substituents is 1. The highest BCUT2D eigenvalue weighted by Gasteiger charge is 2.11. The van der Waals surface area contributed by atoms with Gasteiger partial charge < -0.3 is 10.2 Å². The molecule has 0 heterocycles. The van der Waals surface area contributed by atoms with Crippen LogP contribution in [0.15, 0.2) is 53.0 Å². The Kier molecular flexibility index (Phi) is 4.47. The molecule has 0 fully saturated rings. The first-order valence-electron chi connectivity index (χ1n) is 5.67. The van der Waals surface area contributed by atoms with Crippen LogP contribution in [0.2, 0.25) is 5.02 Å². The first-order chi connectivity index (χ1) is 9.47. The third-order valence-electron chi connectivity index (χ3n) is 2.63. The highest BCUT2D eigenvalue weighted by molar-refractivity contribution is 9.10. The fourth-order valence-corrected chi connectivity index (χ4v) is 2.10. The van der Waals surface area contributed by atoms with Crippen LogP contribution < -0.4 is 0 Å². The molecule has 20 heavy (non-hydrogen) atoms. The number of hydrogen-bond donors (Lipinski definition) is 2. The van der Waals surface area contributed by atoms with E-state index in [0.29, 0.717) is 15.1 Å². The number of carbonyl (C=O) groups excluding carboxylic acids is 1. The molecular weight excluding hydrogens is 344 g/mol. The van der Waals surface area contributed by atoms with Crippen molar-refractivity contribution in [1.82, 2.24) is 0 Å². The van der Waals surface area contributed by atoms with Gasteiger partial charge in [-0.25, -0.2) is 0 Å². The number of rotatable bonds is 3. The van der Waals surface area contributed by atoms with Gasteiger partial charge in [0.15, 0.2) is 5.78 Å². The van der Waals surface area contributed by atoms with Gasteiger partial charge in [0, 0.05) is 21.1 Å². The molecule has 0 spiro atoms. The Balaban J connectivity index is 2.32. The second kappa shape index (κ2) is 6.11. The number of aromatic hydroxyl groups is 1. The Hall–Kier alpha value is -1.78. The van der Waals surface area contributed by atoms with E-state index in [2.05, 4.69) is 15.9 Å². The lowest BCUT2D eigenvalue weighted by molar-refractivity contribution is 0.104. The maximum atomic E-state index is 12.0. The molecule has 3 nitrogen and oxygen atoms in total. The van der Waals surface area contributed by atoms with Gasteiger partial charge in [0.05, 0.1) is 5.56 Å². The smallest absolute Gasteiger partial charge is 0.193 e. The van der Waals surface area contributed by atoms with Gasteiger partial charge in [0.25, 0.3) is 0 Å². The van der Waals surface area contributed by atoms with Gasteiger partial charge in [-0.05, 0) is 42.5 Å². The zero-order valence-corrected chi connectivity index (χ0v) is 12.5. The second-order valence-corrected chi connectivity index (χ2v) is 5.41. The average molecular weight is 354 g/mol. The third kappa shape index (κ3) is 3.40. The summed E-state index contributed by atoms with van der Waals surface area (Å²) in [5, 5.41) is 20.1. The molecule has 0 bridgehead atoms. The van der Waals surface area contributed by atoms with E-state index < -0.39 is 5.78 Å². The van der Waals surface area contributed by atoms with Crippen LogP contribution in [0.3, 0.4) is 0 Å². The molecule has 0 radical (unpaired) electrons. The summed E-state index contributed by atoms with van der Waals surface area (Å²) in [5.74, 6) is -0.819. The molecule has 102 valence electrons. The van der Waals surface area contributed by atoms with Gasteiger partial charge in [-0.15, -0.1) is 0 Å². The van der Waals surface area contributed by atoms with Crippen LogP contribution >= 0.6 is 27.5 Å². The number of phenols is 1. The van der Waals surface area contributed by atoms with Crippen molar-refractivity contribution in [2.24, 2.45) is 0 Å². The quantitative estimate of drug-likeness (QED) is 0.482. The minimum Gasteiger partial charge on any atom is -0.507 e. The highest BCUT2D eigenvalue weighted by Crippen LogP contribution is 2.24. The number of hydrogen-bond acceptors (Lipinski definition) is 3. The van der Waals surface area contributed by atoms with E-state index in [9.17, 15) is 15.0 Å². The summed E-state index contributed by atoms with van der Waals surface area (Å²) in [7, 11) is 0. The van der Waals surface area contributed by atoms with Crippen molar-refractivity contribution in [2.75, 3.05) is 0 Å². The molecule has 0 aliphatic heterocycles. The van der Waals surface area contributed by atoms with Gasteiger partial charge in [-0.2, -0.15) is 0 Å². The number of aliphatic hydroxyl groups is 1. The molecule has 0 aromatic heterocycles. The topological polar surface area (TPSA) is 57.5 Å². The predicted molar refractivity (Wildman–Crippen MR) is 82.2 cm³/mol. The van der Waals surface area contributed by atoms with Crippen LogP contribution in [0.5, 0.6) is 5.75 Å². The van der Waals surface area contributed by atoms with Crippen molar-refractivity contribution in [1.29, 1.82) is 0 Å². The summed E-state index contributed by atoms with van der Waals surface area (Å²) in [4.78, 5) is 12.0. The van der Waals surface area contributed by atoms with Gasteiger partial charge in [-0.1, -0.05) is 27.5 Å². The molecule has 0 aliphatic carbocycles. The summed E-state index contributed by atoms with van der Waals surface area (Å²) in [6.45, 7) is 0. The van der Waals surface area contributed by atoms with E-state index in [-0.39, 0.29) is 17.1 Å². The highest BCUT2D eigenvalue weighted by atomic mass is 79.9. The third-order valence-corrected chi connectivity index (χ3v) is 3.38. The van der Waals surface area contributed by atoms with E-state index in [1.807, 2.05) is 0 Å². The largest absolute Gasteiger partial charge is 0.507 e. The standard InChI is InChI=1S/C15H10BrClO3/c16-10-3-6-13(18)12(7-10)15(20)8-14(19)9-1-4-11(17)5-2-9/h1-8,18-19H. The zero-order valence-electron chi connectivity index (χ0n) is 10.2. The molecule has 2 rings (SSSR count). The number of allylic oxidation sites excluding steroid dienone is 1. The first kappa shape index (κ1) is 14.6. The van der Waals surface area contributed by atoms with Crippen LogP contribution in [0, 0.1) is 0 Å². The summed E-state index contributed by atoms with van der Waals surface area (Å²) < 4.78 is 0.665. The van der Waals surface area contributed by atoms with Crippen molar-refractivity contribution in [3.05, 3.63) is 69.2 Å². The lowest BCUT2D eigenvalue weighted by Gasteiger charge is -2.03. The normalized spacial score (nSPS) is 11.4. The zero-order chi connectivity index (χ0) is 14.7. The van der Waals surface area contributed by atoms with Crippen LogP contribution in [0.4, 0.5) is 0 Å². The lowest BCUT2D eigenvalue weighted by Crippen LogP contribution is -1.97. The minimum atomic E-state index is -0.490. The molecule has 2 aromatic rings. The Morgan fingerprint density at radius 3 is 2.45 bits per heavy atom. The number of benzene rings is 2. The number of ketones is 1. The van der Waals surface area contributed by atoms with E-state index >= 15 is 0 Å². The summed E-state index contributed by atoms with van der Waals surface area (Å²) in [6.07, 6.45) is 1.06. The van der Waals surface area contributed by atoms with Crippen LogP contribution in [0.1, 0.15) is 15.9 Å². The van der Waals surface area contributed by atoms with Gasteiger partial charge in [0.1, 0.15) is 11.5 Å². The second-order valence-electron chi connectivity index (χ2n) is 4.06. The van der Waals surface area contributed by atoms with Crippen LogP contribution in [-0.4, -0.2) is 16.0 Å². The minimum absolute atomic E-state index is 0.111. The molecule has 0 unspecified atom stereocenters. The summed E-state index contributed by atoms with van der Waals surface area (Å²) in [5.41, 5.74) is 0.581. The van der Waals surface area contributed by atoms with Crippen molar-refractivity contribution < 1.29 is 15.0 Å². The molecule has 0 atom stereocenters. The van der Waals surface area contributed by atoms with E-state index in [1.54, 1.807) is 30.3 Å². The monoisotopic (exact) mass is 352 g/mol. The number of halogens is 2. The van der Waals surface area contributed by atoms with Gasteiger partial charge in [-0.3, -0.25) is 4.79 Å². The van der Waals surface area contributed by atoms with Crippen LogP contribution in [0.25, 0.3) is 5.76 Å². The summed E-state index contributed by atoms with van der Waals surface area (Å²) >= 11 is 8.97. The molecule has 2 aromatic carbocycles. The van der Waals surface area contributed by atoms with E-state index in [0.717, 1.165) is 6.08 Å². The molecule has 0 amide bonds.